The lowest BCUT2D eigenvalue weighted by Gasteiger charge is -2.40. The Morgan fingerprint density at radius 3 is 2.09 bits per heavy atom. The molecule has 0 bridgehead atoms. The van der Waals surface area contributed by atoms with E-state index in [4.69, 9.17) is 10.5 Å². The minimum absolute atomic E-state index is 0.00796. The van der Waals surface area contributed by atoms with Crippen LogP contribution in [-0.2, 0) is 19.6 Å². The highest BCUT2D eigenvalue weighted by molar-refractivity contribution is 8.09. The summed E-state index contributed by atoms with van der Waals surface area (Å²) in [6.45, 7) is 12.8. The summed E-state index contributed by atoms with van der Waals surface area (Å²) in [4.78, 5) is 11.7. The number of nitrogens with two attached hydrogens (primary N) is 1. The first-order chi connectivity index (χ1) is 20.6. The van der Waals surface area contributed by atoms with Gasteiger partial charge in [0.1, 0.15) is 0 Å². The third-order valence-corrected chi connectivity index (χ3v) is 11.9. The molecule has 6 nitrogen and oxygen atoms in total. The van der Waals surface area contributed by atoms with Crippen LogP contribution in [0.2, 0.25) is 0 Å². The van der Waals surface area contributed by atoms with Crippen LogP contribution in [-0.4, -0.2) is 36.6 Å². The van der Waals surface area contributed by atoms with Crippen LogP contribution in [0.25, 0.3) is 0 Å². The summed E-state index contributed by atoms with van der Waals surface area (Å²) in [5.74, 6) is 0.706. The molecule has 0 fully saturated rings. The average molecular weight is 641 g/mol. The van der Waals surface area contributed by atoms with Crippen molar-refractivity contribution in [2.24, 2.45) is 23.0 Å². The van der Waals surface area contributed by atoms with Gasteiger partial charge in [0.05, 0.1) is 4.91 Å². The van der Waals surface area contributed by atoms with Crippen molar-refractivity contribution in [1.29, 1.82) is 0 Å². The molecular weight excluding hydrogens is 589 g/mol. The van der Waals surface area contributed by atoms with Crippen LogP contribution in [0.5, 0.6) is 0 Å². The highest BCUT2D eigenvalue weighted by Crippen LogP contribution is 2.45. The van der Waals surface area contributed by atoms with E-state index in [1.54, 1.807) is 13.0 Å². The lowest BCUT2D eigenvalue weighted by Crippen LogP contribution is -2.39. The number of rotatable bonds is 15. The fraction of sp³-hybridized carbons (Fsp3) is 0.528. The monoisotopic (exact) mass is 640 g/mol. The van der Waals surface area contributed by atoms with Gasteiger partial charge in [-0.15, -0.1) is 3.71 Å². The van der Waals surface area contributed by atoms with Crippen LogP contribution in [0.3, 0.4) is 0 Å². The normalized spacial score (nSPS) is 18.0. The molecule has 8 heteroatoms. The first-order valence-corrected chi connectivity index (χ1v) is 18.1. The summed E-state index contributed by atoms with van der Waals surface area (Å²) in [5.41, 5.74) is 9.02. The summed E-state index contributed by atoms with van der Waals surface area (Å²) in [5, 5.41) is 0. The number of esters is 1. The molecule has 2 aromatic rings. The Morgan fingerprint density at radius 2 is 1.59 bits per heavy atom. The minimum atomic E-state index is -3.71. The van der Waals surface area contributed by atoms with Gasteiger partial charge in [-0.3, -0.25) is 4.79 Å². The Bertz CT molecular complexity index is 1360. The molecule has 2 N–H and O–H groups in total. The van der Waals surface area contributed by atoms with Gasteiger partial charge >= 0.3 is 5.97 Å². The summed E-state index contributed by atoms with van der Waals surface area (Å²) in [7, 11) is -2.21. The van der Waals surface area contributed by atoms with E-state index in [1.807, 2.05) is 6.08 Å². The fourth-order valence-corrected chi connectivity index (χ4v) is 8.37. The lowest BCUT2D eigenvalue weighted by molar-refractivity contribution is -0.141. The molecule has 1 aliphatic rings. The van der Waals surface area contributed by atoms with Crippen LogP contribution in [0.1, 0.15) is 96.6 Å². The highest BCUT2D eigenvalue weighted by atomic mass is 32.3. The standard InChI is InChI=1S/C36H52N2O4S2/c1-8-34(39)42-26-43-38(7)44(40,41)31-22-19-29(20-23-31)33(35(2,3)4)25-30(27-15-11-9-12-16-27)21-24-32(36(5,6)37)28-17-13-10-14-18-28/h9-19,22-23,29-30,32-33H,8,20-21,24-26,37H2,1-7H3. The van der Waals surface area contributed by atoms with E-state index in [2.05, 4.69) is 101 Å². The molecule has 0 aliphatic heterocycles. The maximum absolute atomic E-state index is 13.2. The van der Waals surface area contributed by atoms with E-state index in [0.717, 1.165) is 31.2 Å². The average Bonchev–Trinajstić information content (AvgIpc) is 2.98. The van der Waals surface area contributed by atoms with Crippen molar-refractivity contribution in [1.82, 2.24) is 3.71 Å². The molecule has 1 aliphatic carbocycles. The van der Waals surface area contributed by atoms with Crippen molar-refractivity contribution in [2.45, 2.75) is 91.0 Å². The predicted molar refractivity (Wildman–Crippen MR) is 184 cm³/mol. The number of nitrogens with zero attached hydrogens (tertiary/aromatic N) is 1. The number of hydrogen-bond donors (Lipinski definition) is 1. The second kappa shape index (κ2) is 15.7. The topological polar surface area (TPSA) is 89.7 Å². The zero-order chi connectivity index (χ0) is 32.5. The Kier molecular flexibility index (Phi) is 12.9. The Morgan fingerprint density at radius 1 is 1.00 bits per heavy atom. The van der Waals surface area contributed by atoms with Gasteiger partial charge < -0.3 is 10.5 Å². The minimum Gasteiger partial charge on any atom is -0.453 e. The van der Waals surface area contributed by atoms with E-state index >= 15 is 0 Å². The van der Waals surface area contributed by atoms with Crippen molar-refractivity contribution in [3.63, 3.8) is 0 Å². The SMILES string of the molecule is CCC(=O)OCSN(C)S(=O)(=O)C1=CCC(C(CC(CCC(c2ccccc2)C(C)(C)N)c2ccccc2)C(C)(C)C)C=C1. The van der Waals surface area contributed by atoms with Crippen LogP contribution < -0.4 is 5.73 Å². The summed E-state index contributed by atoms with van der Waals surface area (Å²) >= 11 is 0.964. The van der Waals surface area contributed by atoms with Crippen LogP contribution in [0, 0.1) is 17.3 Å². The number of carbonyl (C=O) groups excluding carboxylic acids is 1. The van der Waals surface area contributed by atoms with E-state index in [0.29, 0.717) is 18.3 Å². The molecule has 0 spiro atoms. The zero-order valence-electron chi connectivity index (χ0n) is 27.5. The molecular formula is C36H52N2O4S2. The molecule has 2 aromatic carbocycles. The largest absolute Gasteiger partial charge is 0.453 e. The number of benzene rings is 2. The number of hydrogen-bond acceptors (Lipinski definition) is 6. The molecule has 4 unspecified atom stereocenters. The summed E-state index contributed by atoms with van der Waals surface area (Å²) in [6.07, 6.45) is 9.59. The molecule has 3 rings (SSSR count). The van der Waals surface area contributed by atoms with Gasteiger partial charge in [-0.2, -0.15) is 0 Å². The van der Waals surface area contributed by atoms with Crippen LogP contribution in [0.4, 0.5) is 0 Å². The molecule has 0 saturated heterocycles. The van der Waals surface area contributed by atoms with Gasteiger partial charge in [-0.05, 0) is 91.9 Å². The summed E-state index contributed by atoms with van der Waals surface area (Å²) < 4.78 is 32.7. The number of allylic oxidation sites excluding steroid dienone is 3. The van der Waals surface area contributed by atoms with Gasteiger partial charge in [0.2, 0.25) is 0 Å². The van der Waals surface area contributed by atoms with Crippen molar-refractivity contribution >= 4 is 27.9 Å². The Balaban J connectivity index is 1.80. The number of ether oxygens (including phenoxy) is 1. The molecule has 0 amide bonds. The second-order valence-electron chi connectivity index (χ2n) is 13.6. The lowest BCUT2D eigenvalue weighted by atomic mass is 9.66. The fourth-order valence-electron chi connectivity index (χ4n) is 6.24. The Labute approximate surface area is 270 Å². The van der Waals surface area contributed by atoms with Crippen LogP contribution >= 0.6 is 11.9 Å². The highest BCUT2D eigenvalue weighted by Gasteiger charge is 2.36. The van der Waals surface area contributed by atoms with Crippen LogP contribution in [0.15, 0.2) is 83.8 Å². The third kappa shape index (κ3) is 10.1. The van der Waals surface area contributed by atoms with Gasteiger partial charge in [0.25, 0.3) is 10.0 Å². The Hall–Kier alpha value is -2.39. The van der Waals surface area contributed by atoms with Gasteiger partial charge in [0, 0.05) is 24.9 Å². The first kappa shape index (κ1) is 36.1. The van der Waals surface area contributed by atoms with E-state index in [9.17, 15) is 13.2 Å². The van der Waals surface area contributed by atoms with Gasteiger partial charge in [0.15, 0.2) is 5.94 Å². The van der Waals surface area contributed by atoms with Crippen molar-refractivity contribution in [3.05, 3.63) is 94.9 Å². The van der Waals surface area contributed by atoms with Crippen molar-refractivity contribution in [2.75, 3.05) is 13.0 Å². The predicted octanol–water partition coefficient (Wildman–Crippen LogP) is 8.40. The van der Waals surface area contributed by atoms with Crippen molar-refractivity contribution < 1.29 is 17.9 Å². The molecule has 0 heterocycles. The molecule has 44 heavy (non-hydrogen) atoms. The van der Waals surface area contributed by atoms with E-state index < -0.39 is 10.0 Å². The van der Waals surface area contributed by atoms with Crippen molar-refractivity contribution in [3.8, 4) is 0 Å². The van der Waals surface area contributed by atoms with Gasteiger partial charge in [-0.25, -0.2) is 8.42 Å². The third-order valence-electron chi connectivity index (χ3n) is 8.82. The first-order valence-electron chi connectivity index (χ1n) is 15.7. The maximum atomic E-state index is 13.2. The number of carbonyl (C=O) groups is 1. The summed E-state index contributed by atoms with van der Waals surface area (Å²) in [6, 6.07) is 21.4. The maximum Gasteiger partial charge on any atom is 0.306 e. The second-order valence-corrected chi connectivity index (χ2v) is 16.8. The van der Waals surface area contributed by atoms with E-state index in [-0.39, 0.29) is 46.0 Å². The molecule has 0 radical (unpaired) electrons. The molecule has 242 valence electrons. The van der Waals surface area contributed by atoms with Gasteiger partial charge in [-0.1, -0.05) is 101 Å². The quantitative estimate of drug-likeness (QED) is 0.119. The number of sulfonamides is 1. The molecule has 4 atom stereocenters. The van der Waals surface area contributed by atoms with E-state index in [1.165, 1.54) is 21.9 Å². The smallest absolute Gasteiger partial charge is 0.306 e. The molecule has 0 aromatic heterocycles. The zero-order valence-corrected chi connectivity index (χ0v) is 29.2. The molecule has 0 saturated carbocycles.